The maximum atomic E-state index is 11.2. The Labute approximate surface area is 116 Å². The molecule has 1 unspecified atom stereocenters. The number of ether oxygens (including phenoxy) is 2. The Bertz CT molecular complexity index is 328. The average molecular weight is 353 g/mol. The number of esters is 1. The van der Waals surface area contributed by atoms with Crippen LogP contribution in [0.25, 0.3) is 0 Å². The van der Waals surface area contributed by atoms with E-state index in [9.17, 15) is 4.79 Å². The fourth-order valence-electron chi connectivity index (χ4n) is 1.60. The van der Waals surface area contributed by atoms with Crippen LogP contribution in [0.1, 0.15) is 33.6 Å². The summed E-state index contributed by atoms with van der Waals surface area (Å²) in [4.78, 5) is 15.8. The zero-order valence-corrected chi connectivity index (χ0v) is 13.0. The van der Waals surface area contributed by atoms with Gasteiger partial charge in [0.15, 0.2) is 5.90 Å². The van der Waals surface area contributed by atoms with Gasteiger partial charge < -0.3 is 9.47 Å². The van der Waals surface area contributed by atoms with Gasteiger partial charge in [0.25, 0.3) is 0 Å². The number of nitrogens with zero attached hydrogens (tertiary/aromatic N) is 1. The largest absolute Gasteiger partial charge is 0.478 e. The molecule has 0 amide bonds. The van der Waals surface area contributed by atoms with Gasteiger partial charge in [-0.2, -0.15) is 0 Å². The third-order valence-electron chi connectivity index (χ3n) is 2.89. The van der Waals surface area contributed by atoms with E-state index in [1.165, 1.54) is 7.11 Å². The Morgan fingerprint density at radius 3 is 2.71 bits per heavy atom. The highest BCUT2D eigenvalue weighted by molar-refractivity contribution is 14.1. The number of carbonyl (C=O) groups is 1. The summed E-state index contributed by atoms with van der Waals surface area (Å²) in [6.45, 7) is 6.80. The maximum Gasteiger partial charge on any atom is 0.305 e. The van der Waals surface area contributed by atoms with Crippen LogP contribution in [0.3, 0.4) is 0 Å². The van der Waals surface area contributed by atoms with E-state index >= 15 is 0 Å². The molecule has 0 saturated heterocycles. The van der Waals surface area contributed by atoms with Crippen LogP contribution in [0, 0.1) is 5.41 Å². The molecule has 0 fully saturated rings. The highest BCUT2D eigenvalue weighted by atomic mass is 127. The van der Waals surface area contributed by atoms with Crippen molar-refractivity contribution in [2.75, 3.05) is 18.1 Å². The number of alkyl halides is 1. The second-order valence-corrected chi connectivity index (χ2v) is 6.05. The van der Waals surface area contributed by atoms with E-state index < -0.39 is 0 Å². The second-order valence-electron chi connectivity index (χ2n) is 5.29. The molecular weight excluding hydrogens is 333 g/mol. The molecule has 1 aliphatic heterocycles. The number of hydrogen-bond acceptors (Lipinski definition) is 4. The van der Waals surface area contributed by atoms with Crippen molar-refractivity contribution in [3.8, 4) is 0 Å². The van der Waals surface area contributed by atoms with Crippen molar-refractivity contribution in [2.45, 2.75) is 39.2 Å². The summed E-state index contributed by atoms with van der Waals surface area (Å²) in [5, 5.41) is 0. The van der Waals surface area contributed by atoms with Gasteiger partial charge in [0.05, 0.1) is 18.1 Å². The summed E-state index contributed by atoms with van der Waals surface area (Å²) in [6, 6.07) is 0. The summed E-state index contributed by atoms with van der Waals surface area (Å²) < 4.78 is 11.2. The summed E-state index contributed by atoms with van der Waals surface area (Å²) >= 11 is 2.31. The molecule has 0 bridgehead atoms. The van der Waals surface area contributed by atoms with Gasteiger partial charge in [-0.15, -0.1) is 0 Å². The minimum atomic E-state index is -0.182. The first-order valence-electron chi connectivity index (χ1n) is 5.69. The molecule has 0 aromatic rings. The lowest BCUT2D eigenvalue weighted by molar-refractivity contribution is -0.141. The van der Waals surface area contributed by atoms with Gasteiger partial charge in [0.1, 0.15) is 6.61 Å². The molecule has 17 heavy (non-hydrogen) atoms. The topological polar surface area (TPSA) is 47.9 Å². The molecule has 4 nitrogen and oxygen atoms in total. The van der Waals surface area contributed by atoms with Crippen LogP contribution < -0.4 is 0 Å². The first-order chi connectivity index (χ1) is 7.83. The first-order valence-corrected chi connectivity index (χ1v) is 7.21. The number of halogens is 1. The highest BCUT2D eigenvalue weighted by Gasteiger charge is 2.38. The van der Waals surface area contributed by atoms with Crippen LogP contribution in [-0.4, -0.2) is 35.6 Å². The van der Waals surface area contributed by atoms with Gasteiger partial charge in [0, 0.05) is 10.8 Å². The number of hydrogen-bond donors (Lipinski definition) is 0. The Kier molecular flexibility index (Phi) is 4.80. The van der Waals surface area contributed by atoms with E-state index in [0.29, 0.717) is 19.4 Å². The van der Waals surface area contributed by atoms with Crippen molar-refractivity contribution in [3.05, 3.63) is 0 Å². The fraction of sp³-hybridized carbons (Fsp3) is 0.833. The van der Waals surface area contributed by atoms with Crippen LogP contribution in [0.4, 0.5) is 0 Å². The molecule has 98 valence electrons. The molecule has 5 heteroatoms. The number of carbonyl (C=O) groups excluding carboxylic acids is 1. The zero-order chi connectivity index (χ0) is 13.1. The lowest BCUT2D eigenvalue weighted by Crippen LogP contribution is -2.30. The third kappa shape index (κ3) is 3.82. The Balaban J connectivity index is 2.72. The number of rotatable bonds is 5. The quantitative estimate of drug-likeness (QED) is 0.434. The second kappa shape index (κ2) is 5.54. The molecule has 0 aromatic carbocycles. The van der Waals surface area contributed by atoms with Crippen molar-refractivity contribution in [3.63, 3.8) is 0 Å². The summed E-state index contributed by atoms with van der Waals surface area (Å²) in [5.41, 5.74) is -0.323. The van der Waals surface area contributed by atoms with Crippen LogP contribution in [0.15, 0.2) is 4.99 Å². The summed E-state index contributed by atoms with van der Waals surface area (Å²) in [7, 11) is 1.41. The molecule has 0 aromatic heterocycles. The monoisotopic (exact) mass is 353 g/mol. The van der Waals surface area contributed by atoms with Gasteiger partial charge in [-0.25, -0.2) is 4.99 Å². The van der Waals surface area contributed by atoms with Gasteiger partial charge in [-0.05, 0) is 20.3 Å². The van der Waals surface area contributed by atoms with Crippen molar-refractivity contribution in [1.82, 2.24) is 0 Å². The SMILES string of the molecule is COC(=O)CCC(C)(CI)C1=NC(C)(C)CO1. The fourth-order valence-corrected chi connectivity index (χ4v) is 2.31. The normalized spacial score (nSPS) is 21.4. The Hall–Kier alpha value is -0.330. The van der Waals surface area contributed by atoms with Crippen molar-refractivity contribution >= 4 is 34.5 Å². The number of methoxy groups -OCH3 is 1. The van der Waals surface area contributed by atoms with Crippen LogP contribution in [0.5, 0.6) is 0 Å². The zero-order valence-electron chi connectivity index (χ0n) is 10.9. The molecule has 1 aliphatic rings. The van der Waals surface area contributed by atoms with E-state index in [4.69, 9.17) is 4.74 Å². The van der Waals surface area contributed by atoms with E-state index in [0.717, 1.165) is 10.3 Å². The summed E-state index contributed by atoms with van der Waals surface area (Å²) in [6.07, 6.45) is 1.11. The van der Waals surface area contributed by atoms with Crippen LogP contribution in [0.2, 0.25) is 0 Å². The van der Waals surface area contributed by atoms with E-state index in [2.05, 4.69) is 39.2 Å². The minimum Gasteiger partial charge on any atom is -0.478 e. The van der Waals surface area contributed by atoms with E-state index in [1.54, 1.807) is 0 Å². The van der Waals surface area contributed by atoms with Gasteiger partial charge >= 0.3 is 5.97 Å². The molecule has 1 atom stereocenters. The van der Waals surface area contributed by atoms with E-state index in [1.807, 2.05) is 13.8 Å². The Morgan fingerprint density at radius 2 is 2.29 bits per heavy atom. The lowest BCUT2D eigenvalue weighted by atomic mass is 9.87. The standard InChI is InChI=1S/C12H20INO3/c1-11(2)8-17-10(14-11)12(3,7-13)6-5-9(15)16-4/h5-8H2,1-4H3. The van der Waals surface area contributed by atoms with Crippen LogP contribution in [-0.2, 0) is 14.3 Å². The van der Waals surface area contributed by atoms with Gasteiger partial charge in [0.2, 0.25) is 0 Å². The van der Waals surface area contributed by atoms with Gasteiger partial charge in [-0.3, -0.25) is 4.79 Å². The smallest absolute Gasteiger partial charge is 0.305 e. The average Bonchev–Trinajstić information content (AvgIpc) is 2.66. The number of aliphatic imine (C=N–C) groups is 1. The Morgan fingerprint density at radius 1 is 1.65 bits per heavy atom. The van der Waals surface area contributed by atoms with Crippen molar-refractivity contribution in [1.29, 1.82) is 0 Å². The van der Waals surface area contributed by atoms with Crippen molar-refractivity contribution < 1.29 is 14.3 Å². The first kappa shape index (κ1) is 14.7. The third-order valence-corrected chi connectivity index (χ3v) is 4.57. The van der Waals surface area contributed by atoms with Gasteiger partial charge in [-0.1, -0.05) is 29.5 Å². The minimum absolute atomic E-state index is 0.145. The predicted octanol–water partition coefficient (Wildman–Crippen LogP) is 2.59. The molecule has 1 rings (SSSR count). The molecule has 1 heterocycles. The molecule has 0 N–H and O–H groups in total. The molecule has 0 saturated carbocycles. The van der Waals surface area contributed by atoms with Crippen LogP contribution >= 0.6 is 22.6 Å². The maximum absolute atomic E-state index is 11.2. The summed E-state index contributed by atoms with van der Waals surface area (Å²) in [5.74, 6) is 0.597. The molecule has 0 radical (unpaired) electrons. The predicted molar refractivity (Wildman–Crippen MR) is 75.7 cm³/mol. The highest BCUT2D eigenvalue weighted by Crippen LogP contribution is 2.33. The molecule has 0 spiro atoms. The van der Waals surface area contributed by atoms with Crippen molar-refractivity contribution in [2.24, 2.45) is 10.4 Å². The van der Waals surface area contributed by atoms with E-state index in [-0.39, 0.29) is 16.9 Å². The molecule has 0 aliphatic carbocycles. The molecular formula is C12H20INO3. The lowest BCUT2D eigenvalue weighted by Gasteiger charge is -2.25.